The number of carbonyl (C=O) groups is 2. The molecule has 6 heteroatoms. The SMILES string of the molecule is O=C(O)CCCCCCNC(=O)c1sccc1Br. The van der Waals surface area contributed by atoms with Crippen LogP contribution < -0.4 is 5.32 Å². The van der Waals surface area contributed by atoms with E-state index in [1.807, 2.05) is 11.4 Å². The summed E-state index contributed by atoms with van der Waals surface area (Å²) in [5, 5.41) is 13.2. The summed E-state index contributed by atoms with van der Waals surface area (Å²) in [6.45, 7) is 0.635. The number of hydrogen-bond donors (Lipinski definition) is 2. The summed E-state index contributed by atoms with van der Waals surface area (Å²) >= 11 is 4.73. The Morgan fingerprint density at radius 3 is 2.61 bits per heavy atom. The summed E-state index contributed by atoms with van der Waals surface area (Å²) in [6.07, 6.45) is 3.66. The van der Waals surface area contributed by atoms with E-state index in [0.29, 0.717) is 17.8 Å². The number of carboxylic acid groups (broad SMARTS) is 1. The van der Waals surface area contributed by atoms with Gasteiger partial charge in [0, 0.05) is 17.4 Å². The fourth-order valence-electron chi connectivity index (χ4n) is 1.49. The number of thiophene rings is 1. The minimum atomic E-state index is -0.745. The van der Waals surface area contributed by atoms with E-state index in [-0.39, 0.29) is 12.3 Å². The molecule has 1 aromatic heterocycles. The molecule has 1 amide bonds. The average molecular weight is 334 g/mol. The van der Waals surface area contributed by atoms with Gasteiger partial charge in [-0.1, -0.05) is 12.8 Å². The monoisotopic (exact) mass is 333 g/mol. The van der Waals surface area contributed by atoms with Crippen molar-refractivity contribution in [2.75, 3.05) is 6.54 Å². The van der Waals surface area contributed by atoms with E-state index >= 15 is 0 Å². The van der Waals surface area contributed by atoms with E-state index < -0.39 is 5.97 Å². The first-order chi connectivity index (χ1) is 8.61. The van der Waals surface area contributed by atoms with Crippen molar-refractivity contribution in [2.45, 2.75) is 32.1 Å². The van der Waals surface area contributed by atoms with Gasteiger partial charge >= 0.3 is 5.97 Å². The van der Waals surface area contributed by atoms with Crippen molar-refractivity contribution in [1.82, 2.24) is 5.32 Å². The lowest BCUT2D eigenvalue weighted by molar-refractivity contribution is -0.137. The molecule has 0 aromatic carbocycles. The summed E-state index contributed by atoms with van der Waals surface area (Å²) in [6, 6.07) is 1.85. The molecule has 100 valence electrons. The minimum absolute atomic E-state index is 0.0533. The number of carboxylic acids is 1. The molecule has 0 aliphatic carbocycles. The van der Waals surface area contributed by atoms with Gasteiger partial charge in [-0.2, -0.15) is 0 Å². The van der Waals surface area contributed by atoms with Crippen LogP contribution in [0.2, 0.25) is 0 Å². The second-order valence-corrected chi connectivity index (χ2v) is 5.68. The van der Waals surface area contributed by atoms with Crippen LogP contribution in [0.5, 0.6) is 0 Å². The lowest BCUT2D eigenvalue weighted by atomic mass is 10.1. The molecule has 1 rings (SSSR count). The molecular weight excluding hydrogens is 318 g/mol. The molecule has 0 radical (unpaired) electrons. The third-order valence-corrected chi connectivity index (χ3v) is 4.26. The van der Waals surface area contributed by atoms with E-state index in [1.165, 1.54) is 11.3 Å². The lowest BCUT2D eigenvalue weighted by Gasteiger charge is -2.03. The predicted octanol–water partition coefficient (Wildman–Crippen LogP) is 3.28. The molecule has 0 fully saturated rings. The molecule has 2 N–H and O–H groups in total. The number of hydrogen-bond acceptors (Lipinski definition) is 3. The molecule has 0 unspecified atom stereocenters. The maximum atomic E-state index is 11.7. The van der Waals surface area contributed by atoms with Gasteiger partial charge in [-0.15, -0.1) is 11.3 Å². The van der Waals surface area contributed by atoms with Gasteiger partial charge in [0.2, 0.25) is 0 Å². The maximum Gasteiger partial charge on any atom is 0.303 e. The number of carbonyl (C=O) groups excluding carboxylic acids is 1. The van der Waals surface area contributed by atoms with Crippen LogP contribution in [-0.4, -0.2) is 23.5 Å². The van der Waals surface area contributed by atoms with Crippen molar-refractivity contribution in [3.63, 3.8) is 0 Å². The van der Waals surface area contributed by atoms with Crippen molar-refractivity contribution < 1.29 is 14.7 Å². The van der Waals surface area contributed by atoms with Gasteiger partial charge in [0.15, 0.2) is 0 Å². The first-order valence-electron chi connectivity index (χ1n) is 5.84. The molecule has 0 aliphatic heterocycles. The number of unbranched alkanes of at least 4 members (excludes halogenated alkanes) is 3. The van der Waals surface area contributed by atoms with Crippen LogP contribution >= 0.6 is 27.3 Å². The Morgan fingerprint density at radius 2 is 2.00 bits per heavy atom. The summed E-state index contributed by atoms with van der Waals surface area (Å²) in [7, 11) is 0. The average Bonchev–Trinajstić information content (AvgIpc) is 2.73. The summed E-state index contributed by atoms with van der Waals surface area (Å²) in [5.41, 5.74) is 0. The van der Waals surface area contributed by atoms with Gasteiger partial charge in [0.1, 0.15) is 4.88 Å². The maximum absolute atomic E-state index is 11.7. The summed E-state index contributed by atoms with van der Waals surface area (Å²) < 4.78 is 0.825. The quantitative estimate of drug-likeness (QED) is 0.717. The Labute approximate surface area is 119 Å². The highest BCUT2D eigenvalue weighted by molar-refractivity contribution is 9.10. The first-order valence-corrected chi connectivity index (χ1v) is 7.51. The number of aliphatic carboxylic acids is 1. The van der Waals surface area contributed by atoms with Gasteiger partial charge < -0.3 is 10.4 Å². The van der Waals surface area contributed by atoms with E-state index in [4.69, 9.17) is 5.11 Å². The third kappa shape index (κ3) is 5.64. The van der Waals surface area contributed by atoms with Gasteiger partial charge in [-0.25, -0.2) is 0 Å². The van der Waals surface area contributed by atoms with Crippen molar-refractivity contribution in [3.8, 4) is 0 Å². The number of amides is 1. The fraction of sp³-hybridized carbons (Fsp3) is 0.500. The predicted molar refractivity (Wildman–Crippen MR) is 75.1 cm³/mol. The highest BCUT2D eigenvalue weighted by atomic mass is 79.9. The Balaban J connectivity index is 2.06. The zero-order valence-corrected chi connectivity index (χ0v) is 12.3. The van der Waals surface area contributed by atoms with Crippen LogP contribution in [0.1, 0.15) is 41.8 Å². The van der Waals surface area contributed by atoms with Crippen LogP contribution in [0.25, 0.3) is 0 Å². The second-order valence-electron chi connectivity index (χ2n) is 3.91. The van der Waals surface area contributed by atoms with Crippen LogP contribution in [-0.2, 0) is 4.79 Å². The second kappa shape index (κ2) is 8.26. The highest BCUT2D eigenvalue weighted by Crippen LogP contribution is 2.22. The molecule has 0 bridgehead atoms. The van der Waals surface area contributed by atoms with Crippen LogP contribution in [0.4, 0.5) is 0 Å². The Kier molecular flexibility index (Phi) is 6.97. The summed E-state index contributed by atoms with van der Waals surface area (Å²) in [4.78, 5) is 22.7. The minimum Gasteiger partial charge on any atom is -0.481 e. The molecule has 18 heavy (non-hydrogen) atoms. The molecule has 4 nitrogen and oxygen atoms in total. The Hall–Kier alpha value is -0.880. The Morgan fingerprint density at radius 1 is 1.28 bits per heavy atom. The van der Waals surface area contributed by atoms with Gasteiger partial charge in [0.25, 0.3) is 5.91 Å². The van der Waals surface area contributed by atoms with Crippen molar-refractivity contribution in [1.29, 1.82) is 0 Å². The lowest BCUT2D eigenvalue weighted by Crippen LogP contribution is -2.23. The molecule has 0 saturated carbocycles. The number of halogens is 1. The molecular formula is C12H16BrNO3S. The molecule has 1 heterocycles. The fourth-order valence-corrected chi connectivity index (χ4v) is 2.96. The van der Waals surface area contributed by atoms with Crippen molar-refractivity contribution in [2.24, 2.45) is 0 Å². The Bertz CT molecular complexity index is 406. The zero-order valence-electron chi connectivity index (χ0n) is 9.95. The van der Waals surface area contributed by atoms with Gasteiger partial charge in [0.05, 0.1) is 0 Å². The molecule has 1 aromatic rings. The number of rotatable bonds is 8. The van der Waals surface area contributed by atoms with Crippen LogP contribution in [0, 0.1) is 0 Å². The van der Waals surface area contributed by atoms with Gasteiger partial charge in [-0.3, -0.25) is 9.59 Å². The smallest absolute Gasteiger partial charge is 0.303 e. The van der Waals surface area contributed by atoms with E-state index in [1.54, 1.807) is 0 Å². The largest absolute Gasteiger partial charge is 0.481 e. The summed E-state index contributed by atoms with van der Waals surface area (Å²) in [5.74, 6) is -0.798. The van der Waals surface area contributed by atoms with E-state index in [9.17, 15) is 9.59 Å². The standard InChI is InChI=1S/C12H16BrNO3S/c13-9-6-8-18-11(9)12(17)14-7-4-2-1-3-5-10(15)16/h6,8H,1-5,7H2,(H,14,17)(H,15,16). The molecule has 0 saturated heterocycles. The number of nitrogens with one attached hydrogen (secondary N) is 1. The molecule has 0 aliphatic rings. The van der Waals surface area contributed by atoms with Crippen molar-refractivity contribution in [3.05, 3.63) is 20.8 Å². The normalized spacial score (nSPS) is 10.3. The van der Waals surface area contributed by atoms with Gasteiger partial charge in [-0.05, 0) is 40.2 Å². The molecule has 0 atom stereocenters. The van der Waals surface area contributed by atoms with Crippen molar-refractivity contribution >= 4 is 39.1 Å². The zero-order chi connectivity index (χ0) is 13.4. The highest BCUT2D eigenvalue weighted by Gasteiger charge is 2.10. The first kappa shape index (κ1) is 15.2. The topological polar surface area (TPSA) is 66.4 Å². The third-order valence-electron chi connectivity index (χ3n) is 2.43. The van der Waals surface area contributed by atoms with Crippen LogP contribution in [0.15, 0.2) is 15.9 Å². The van der Waals surface area contributed by atoms with E-state index in [0.717, 1.165) is 23.7 Å². The van der Waals surface area contributed by atoms with E-state index in [2.05, 4.69) is 21.2 Å². The van der Waals surface area contributed by atoms with Crippen LogP contribution in [0.3, 0.4) is 0 Å². The molecule has 0 spiro atoms.